The Balaban J connectivity index is 2.40. The van der Waals surface area contributed by atoms with Gasteiger partial charge in [-0.25, -0.2) is 0 Å². The summed E-state index contributed by atoms with van der Waals surface area (Å²) in [7, 11) is 0. The minimum absolute atomic E-state index is 0.0717. The summed E-state index contributed by atoms with van der Waals surface area (Å²) in [4.78, 5) is 11.6. The third-order valence-corrected chi connectivity index (χ3v) is 3.64. The van der Waals surface area contributed by atoms with E-state index < -0.39 is 6.04 Å². The van der Waals surface area contributed by atoms with Gasteiger partial charge in [-0.3, -0.25) is 4.79 Å². The van der Waals surface area contributed by atoms with Crippen molar-refractivity contribution in [2.24, 2.45) is 5.73 Å². The third kappa shape index (κ3) is 5.74. The highest BCUT2D eigenvalue weighted by atomic mass is 127. The summed E-state index contributed by atoms with van der Waals surface area (Å²) < 4.78 is 1.18. The van der Waals surface area contributed by atoms with E-state index in [1.807, 2.05) is 30.5 Å². The number of carbonyl (C=O) groups is 1. The molecule has 3 nitrogen and oxygen atoms in total. The van der Waals surface area contributed by atoms with E-state index in [9.17, 15) is 4.79 Å². The van der Waals surface area contributed by atoms with Gasteiger partial charge in [0.25, 0.3) is 0 Å². The van der Waals surface area contributed by atoms with E-state index in [-0.39, 0.29) is 5.91 Å². The first-order valence-electron chi connectivity index (χ1n) is 5.40. The van der Waals surface area contributed by atoms with Crippen molar-refractivity contribution in [2.45, 2.75) is 12.5 Å². The number of nitrogens with one attached hydrogen (secondary N) is 1. The average molecular weight is 364 g/mol. The Labute approximate surface area is 120 Å². The summed E-state index contributed by atoms with van der Waals surface area (Å²) in [5.41, 5.74) is 6.94. The van der Waals surface area contributed by atoms with Gasteiger partial charge in [0.05, 0.1) is 6.04 Å². The molecule has 0 saturated heterocycles. The molecule has 5 heteroatoms. The molecule has 0 aliphatic heterocycles. The monoisotopic (exact) mass is 364 g/mol. The smallest absolute Gasteiger partial charge is 0.237 e. The maximum Gasteiger partial charge on any atom is 0.237 e. The topological polar surface area (TPSA) is 55.1 Å². The van der Waals surface area contributed by atoms with Crippen LogP contribution in [0.4, 0.5) is 0 Å². The molecule has 0 aromatic heterocycles. The van der Waals surface area contributed by atoms with Crippen molar-refractivity contribution in [1.29, 1.82) is 0 Å². The Hall–Kier alpha value is -0.270. The van der Waals surface area contributed by atoms with Gasteiger partial charge in [-0.05, 0) is 53.0 Å². The van der Waals surface area contributed by atoms with Crippen LogP contribution in [0.3, 0.4) is 0 Å². The van der Waals surface area contributed by atoms with Crippen LogP contribution in [0.25, 0.3) is 0 Å². The van der Waals surface area contributed by atoms with Crippen LogP contribution in [-0.2, 0) is 11.2 Å². The highest BCUT2D eigenvalue weighted by Gasteiger charge is 2.13. The van der Waals surface area contributed by atoms with Gasteiger partial charge in [0.1, 0.15) is 0 Å². The molecule has 3 N–H and O–H groups in total. The Morgan fingerprint density at radius 3 is 2.71 bits per heavy atom. The van der Waals surface area contributed by atoms with Gasteiger partial charge in [0, 0.05) is 15.9 Å². The van der Waals surface area contributed by atoms with Crippen molar-refractivity contribution in [3.05, 3.63) is 33.4 Å². The largest absolute Gasteiger partial charge is 0.354 e. The lowest BCUT2D eigenvalue weighted by Gasteiger charge is -2.12. The van der Waals surface area contributed by atoms with E-state index in [1.165, 1.54) is 3.57 Å². The van der Waals surface area contributed by atoms with Gasteiger partial charge in [-0.1, -0.05) is 12.1 Å². The van der Waals surface area contributed by atoms with Crippen LogP contribution in [-0.4, -0.2) is 30.5 Å². The predicted molar refractivity (Wildman–Crippen MR) is 82.2 cm³/mol. The lowest BCUT2D eigenvalue weighted by Crippen LogP contribution is -2.42. The first kappa shape index (κ1) is 14.8. The van der Waals surface area contributed by atoms with Crippen molar-refractivity contribution in [2.75, 3.05) is 18.6 Å². The summed E-state index contributed by atoms with van der Waals surface area (Å²) in [6, 6.07) is 7.60. The molecule has 0 fully saturated rings. The highest BCUT2D eigenvalue weighted by molar-refractivity contribution is 14.1. The van der Waals surface area contributed by atoms with Crippen LogP contribution in [0.1, 0.15) is 5.56 Å². The summed E-state index contributed by atoms with van der Waals surface area (Å²) >= 11 is 3.96. The van der Waals surface area contributed by atoms with E-state index in [2.05, 4.69) is 27.9 Å². The molecule has 94 valence electrons. The first-order chi connectivity index (χ1) is 8.13. The fraction of sp³-hybridized carbons (Fsp3) is 0.417. The lowest BCUT2D eigenvalue weighted by molar-refractivity contribution is -0.122. The van der Waals surface area contributed by atoms with Crippen molar-refractivity contribution < 1.29 is 4.79 Å². The Morgan fingerprint density at radius 1 is 1.47 bits per heavy atom. The number of benzene rings is 1. The average Bonchev–Trinajstić information content (AvgIpc) is 2.32. The molecule has 0 aliphatic carbocycles. The number of carbonyl (C=O) groups excluding carboxylic acids is 1. The molecule has 0 aliphatic rings. The quantitative estimate of drug-likeness (QED) is 0.596. The minimum Gasteiger partial charge on any atom is -0.354 e. The zero-order valence-electron chi connectivity index (χ0n) is 9.78. The van der Waals surface area contributed by atoms with E-state index in [0.29, 0.717) is 13.0 Å². The van der Waals surface area contributed by atoms with Crippen molar-refractivity contribution in [1.82, 2.24) is 5.32 Å². The number of rotatable bonds is 6. The molecule has 0 unspecified atom stereocenters. The molecule has 0 bridgehead atoms. The SMILES string of the molecule is CSCCNC(=O)[C@@H](N)Cc1ccc(I)cc1. The molecule has 0 heterocycles. The molecule has 1 aromatic rings. The van der Waals surface area contributed by atoms with E-state index in [4.69, 9.17) is 5.73 Å². The zero-order valence-corrected chi connectivity index (χ0v) is 12.8. The molecule has 1 amide bonds. The van der Waals surface area contributed by atoms with Crippen molar-refractivity contribution >= 4 is 40.3 Å². The fourth-order valence-corrected chi connectivity index (χ4v) is 2.04. The van der Waals surface area contributed by atoms with Gasteiger partial charge >= 0.3 is 0 Å². The maximum atomic E-state index is 11.6. The van der Waals surface area contributed by atoms with Crippen LogP contribution in [0, 0.1) is 3.57 Å². The summed E-state index contributed by atoms with van der Waals surface area (Å²) in [5, 5.41) is 2.83. The molecule has 1 aromatic carbocycles. The van der Waals surface area contributed by atoms with Crippen LogP contribution in [0.5, 0.6) is 0 Å². The maximum absolute atomic E-state index is 11.6. The molecular formula is C12H17IN2OS. The molecule has 17 heavy (non-hydrogen) atoms. The van der Waals surface area contributed by atoms with Crippen LogP contribution in [0.15, 0.2) is 24.3 Å². The summed E-state index contributed by atoms with van der Waals surface area (Å²) in [6.07, 6.45) is 2.60. The minimum atomic E-state index is -0.461. The number of halogens is 1. The predicted octanol–water partition coefficient (Wildman–Crippen LogP) is 1.64. The number of hydrogen-bond donors (Lipinski definition) is 2. The number of thioether (sulfide) groups is 1. The van der Waals surface area contributed by atoms with E-state index in [1.54, 1.807) is 11.8 Å². The second-order valence-electron chi connectivity index (χ2n) is 3.72. The van der Waals surface area contributed by atoms with E-state index in [0.717, 1.165) is 11.3 Å². The zero-order chi connectivity index (χ0) is 12.7. The summed E-state index contributed by atoms with van der Waals surface area (Å²) in [5.74, 6) is 0.847. The first-order valence-corrected chi connectivity index (χ1v) is 7.87. The fourth-order valence-electron chi connectivity index (χ4n) is 1.37. The van der Waals surface area contributed by atoms with Crippen LogP contribution >= 0.6 is 34.4 Å². The normalized spacial score (nSPS) is 12.2. The lowest BCUT2D eigenvalue weighted by atomic mass is 10.1. The van der Waals surface area contributed by atoms with Crippen molar-refractivity contribution in [3.8, 4) is 0 Å². The van der Waals surface area contributed by atoms with Crippen LogP contribution in [0.2, 0.25) is 0 Å². The van der Waals surface area contributed by atoms with Gasteiger partial charge < -0.3 is 11.1 Å². The molecule has 1 atom stereocenters. The second-order valence-corrected chi connectivity index (χ2v) is 5.95. The van der Waals surface area contributed by atoms with Gasteiger partial charge in [-0.15, -0.1) is 0 Å². The van der Waals surface area contributed by atoms with Crippen LogP contribution < -0.4 is 11.1 Å². The summed E-state index contributed by atoms with van der Waals surface area (Å²) in [6.45, 7) is 0.681. The van der Waals surface area contributed by atoms with E-state index >= 15 is 0 Å². The standard InChI is InChI=1S/C12H17IN2OS/c1-17-7-6-15-12(16)11(14)8-9-2-4-10(13)5-3-9/h2-5,11H,6-8,14H2,1H3,(H,15,16)/t11-/m0/s1. The second kappa shape index (κ2) is 7.94. The Bertz CT molecular complexity index is 356. The van der Waals surface area contributed by atoms with Gasteiger partial charge in [0.15, 0.2) is 0 Å². The Kier molecular flexibility index (Phi) is 6.91. The number of amides is 1. The number of nitrogens with two attached hydrogens (primary N) is 1. The third-order valence-electron chi connectivity index (χ3n) is 2.31. The molecule has 0 radical (unpaired) electrons. The van der Waals surface area contributed by atoms with Gasteiger partial charge in [0.2, 0.25) is 5.91 Å². The Morgan fingerprint density at radius 2 is 2.12 bits per heavy atom. The number of hydrogen-bond acceptors (Lipinski definition) is 3. The van der Waals surface area contributed by atoms with Crippen molar-refractivity contribution in [3.63, 3.8) is 0 Å². The molecule has 0 saturated carbocycles. The van der Waals surface area contributed by atoms with Gasteiger partial charge in [-0.2, -0.15) is 11.8 Å². The molecular weight excluding hydrogens is 347 g/mol. The highest BCUT2D eigenvalue weighted by Crippen LogP contribution is 2.08. The molecule has 0 spiro atoms. The molecule has 1 rings (SSSR count).